The van der Waals surface area contributed by atoms with Crippen molar-refractivity contribution in [2.45, 2.75) is 32.8 Å². The highest BCUT2D eigenvalue weighted by Crippen LogP contribution is 2.17. The van der Waals surface area contributed by atoms with Crippen molar-refractivity contribution in [3.05, 3.63) is 59.7 Å². The van der Waals surface area contributed by atoms with Crippen molar-refractivity contribution in [2.24, 2.45) is 0 Å². The molecule has 0 saturated heterocycles. The Hall–Kier alpha value is -2.54. The summed E-state index contributed by atoms with van der Waals surface area (Å²) in [5.41, 5.74) is 1.75. The molecule has 146 valence electrons. The first-order valence-electron chi connectivity index (χ1n) is 8.85. The molecule has 0 aliphatic heterocycles. The van der Waals surface area contributed by atoms with Gasteiger partial charge in [0.25, 0.3) is 5.91 Å². The van der Waals surface area contributed by atoms with Crippen molar-refractivity contribution in [2.75, 3.05) is 17.5 Å². The zero-order valence-corrected chi connectivity index (χ0v) is 16.7. The zero-order valence-electron chi connectivity index (χ0n) is 15.9. The Morgan fingerprint density at radius 3 is 2.37 bits per heavy atom. The molecule has 0 saturated carbocycles. The maximum absolute atomic E-state index is 12.3. The van der Waals surface area contributed by atoms with Gasteiger partial charge in [0.1, 0.15) is 5.75 Å². The quantitative estimate of drug-likeness (QED) is 0.644. The van der Waals surface area contributed by atoms with Crippen molar-refractivity contribution < 1.29 is 17.9 Å². The Balaban J connectivity index is 1.85. The van der Waals surface area contributed by atoms with Gasteiger partial charge >= 0.3 is 0 Å². The summed E-state index contributed by atoms with van der Waals surface area (Å²) in [7, 11) is -3.45. The number of hydrogen-bond donors (Lipinski definition) is 2. The molecule has 0 atom stereocenters. The summed E-state index contributed by atoms with van der Waals surface area (Å²) in [6, 6.07) is 14.5. The number of nitrogens with one attached hydrogen (secondary N) is 2. The number of para-hydroxylation sites is 1. The van der Waals surface area contributed by atoms with E-state index in [-0.39, 0.29) is 17.7 Å². The second-order valence-corrected chi connectivity index (χ2v) is 8.34. The van der Waals surface area contributed by atoms with Gasteiger partial charge < -0.3 is 10.1 Å². The molecule has 0 spiro atoms. The third-order valence-electron chi connectivity index (χ3n) is 3.69. The van der Waals surface area contributed by atoms with E-state index in [4.69, 9.17) is 4.74 Å². The van der Waals surface area contributed by atoms with Gasteiger partial charge in [-0.3, -0.25) is 9.52 Å². The van der Waals surface area contributed by atoms with E-state index in [0.717, 1.165) is 24.8 Å². The van der Waals surface area contributed by atoms with Crippen LogP contribution in [-0.2, 0) is 16.4 Å². The molecule has 0 aliphatic rings. The lowest BCUT2D eigenvalue weighted by Crippen LogP contribution is -2.26. The van der Waals surface area contributed by atoms with Crippen LogP contribution in [0.2, 0.25) is 0 Å². The SMILES string of the molecule is CC(C)Oc1ccc(CCCNC(=O)c2ccccc2NS(C)(=O)=O)cc1. The zero-order chi connectivity index (χ0) is 19.9. The molecule has 0 bridgehead atoms. The first-order valence-corrected chi connectivity index (χ1v) is 10.7. The minimum atomic E-state index is -3.45. The molecule has 2 N–H and O–H groups in total. The van der Waals surface area contributed by atoms with E-state index < -0.39 is 10.0 Å². The van der Waals surface area contributed by atoms with Gasteiger partial charge in [0.2, 0.25) is 10.0 Å². The minimum absolute atomic E-state index is 0.145. The van der Waals surface area contributed by atoms with E-state index in [1.165, 1.54) is 5.56 Å². The summed E-state index contributed by atoms with van der Waals surface area (Å²) in [5, 5.41) is 2.83. The maximum Gasteiger partial charge on any atom is 0.253 e. The van der Waals surface area contributed by atoms with Gasteiger partial charge in [-0.25, -0.2) is 8.42 Å². The normalized spacial score (nSPS) is 11.3. The largest absolute Gasteiger partial charge is 0.491 e. The molecule has 0 fully saturated rings. The highest BCUT2D eigenvalue weighted by molar-refractivity contribution is 7.92. The molecular formula is C20H26N2O4S. The van der Waals surface area contributed by atoms with Crippen LogP contribution < -0.4 is 14.8 Å². The summed E-state index contributed by atoms with van der Waals surface area (Å²) in [6.07, 6.45) is 2.80. The molecule has 1 amide bonds. The monoisotopic (exact) mass is 390 g/mol. The number of carbonyl (C=O) groups is 1. The molecule has 0 radical (unpaired) electrons. The fraction of sp³-hybridized carbons (Fsp3) is 0.350. The van der Waals surface area contributed by atoms with Gasteiger partial charge in [-0.15, -0.1) is 0 Å². The average Bonchev–Trinajstić information content (AvgIpc) is 2.58. The predicted octanol–water partition coefficient (Wildman–Crippen LogP) is 3.21. The molecule has 2 aromatic rings. The molecule has 0 heterocycles. The Bertz CT molecular complexity index is 862. The van der Waals surface area contributed by atoms with Crippen molar-refractivity contribution in [3.63, 3.8) is 0 Å². The highest BCUT2D eigenvalue weighted by Gasteiger charge is 2.13. The first-order chi connectivity index (χ1) is 12.7. The molecule has 2 rings (SSSR count). The van der Waals surface area contributed by atoms with E-state index in [1.54, 1.807) is 24.3 Å². The summed E-state index contributed by atoms with van der Waals surface area (Å²) >= 11 is 0. The van der Waals surface area contributed by atoms with E-state index in [9.17, 15) is 13.2 Å². The number of carbonyl (C=O) groups excluding carboxylic acids is 1. The van der Waals surface area contributed by atoms with Crippen LogP contribution >= 0.6 is 0 Å². The van der Waals surface area contributed by atoms with Gasteiger partial charge in [0.05, 0.1) is 23.6 Å². The van der Waals surface area contributed by atoms with E-state index >= 15 is 0 Å². The Labute approximate surface area is 161 Å². The van der Waals surface area contributed by atoms with Crippen LogP contribution in [-0.4, -0.2) is 33.2 Å². The Morgan fingerprint density at radius 2 is 1.74 bits per heavy atom. The second kappa shape index (κ2) is 9.41. The van der Waals surface area contributed by atoms with Crippen molar-refractivity contribution in [3.8, 4) is 5.75 Å². The lowest BCUT2D eigenvalue weighted by molar-refractivity contribution is 0.0954. The summed E-state index contributed by atoms with van der Waals surface area (Å²) in [5.74, 6) is 0.541. The second-order valence-electron chi connectivity index (χ2n) is 6.59. The van der Waals surface area contributed by atoms with Crippen molar-refractivity contribution in [1.29, 1.82) is 0 Å². The fourth-order valence-corrected chi connectivity index (χ4v) is 3.14. The molecule has 2 aromatic carbocycles. The van der Waals surface area contributed by atoms with Gasteiger partial charge in [0.15, 0.2) is 0 Å². The molecule has 0 aliphatic carbocycles. The fourth-order valence-electron chi connectivity index (χ4n) is 2.57. The lowest BCUT2D eigenvalue weighted by atomic mass is 10.1. The number of hydrogen-bond acceptors (Lipinski definition) is 4. The molecular weight excluding hydrogens is 364 g/mol. The Morgan fingerprint density at radius 1 is 1.07 bits per heavy atom. The van der Waals surface area contributed by atoms with E-state index in [1.807, 2.05) is 38.1 Å². The van der Waals surface area contributed by atoms with Crippen molar-refractivity contribution in [1.82, 2.24) is 5.32 Å². The number of rotatable bonds is 9. The number of aryl methyl sites for hydroxylation is 1. The van der Waals surface area contributed by atoms with Gasteiger partial charge in [-0.1, -0.05) is 24.3 Å². The van der Waals surface area contributed by atoms with Crippen LogP contribution in [0.3, 0.4) is 0 Å². The van der Waals surface area contributed by atoms with Gasteiger partial charge in [-0.2, -0.15) is 0 Å². The smallest absolute Gasteiger partial charge is 0.253 e. The van der Waals surface area contributed by atoms with E-state index in [0.29, 0.717) is 12.1 Å². The predicted molar refractivity (Wildman–Crippen MR) is 108 cm³/mol. The molecule has 0 unspecified atom stereocenters. The number of anilines is 1. The van der Waals surface area contributed by atoms with Crippen LogP contribution in [0.4, 0.5) is 5.69 Å². The van der Waals surface area contributed by atoms with E-state index in [2.05, 4.69) is 10.0 Å². The lowest BCUT2D eigenvalue weighted by Gasteiger charge is -2.11. The number of sulfonamides is 1. The minimum Gasteiger partial charge on any atom is -0.491 e. The van der Waals surface area contributed by atoms with Gasteiger partial charge in [-0.05, 0) is 56.5 Å². The Kier molecular flexibility index (Phi) is 7.24. The van der Waals surface area contributed by atoms with Crippen molar-refractivity contribution >= 4 is 21.6 Å². The molecule has 27 heavy (non-hydrogen) atoms. The summed E-state index contributed by atoms with van der Waals surface area (Å²) in [4.78, 5) is 12.3. The van der Waals surface area contributed by atoms with Crippen LogP contribution in [0.5, 0.6) is 5.75 Å². The van der Waals surface area contributed by atoms with Gasteiger partial charge in [0, 0.05) is 6.54 Å². The summed E-state index contributed by atoms with van der Waals surface area (Å²) in [6.45, 7) is 4.47. The standard InChI is InChI=1S/C20H26N2O4S/c1-15(2)26-17-12-10-16(11-13-17)7-6-14-21-20(23)18-8-4-5-9-19(18)22-27(3,24)25/h4-5,8-13,15,22H,6-7,14H2,1-3H3,(H,21,23). The van der Waals surface area contributed by atoms with Crippen LogP contribution in [0.15, 0.2) is 48.5 Å². The number of amides is 1. The average molecular weight is 391 g/mol. The number of benzene rings is 2. The topological polar surface area (TPSA) is 84.5 Å². The number of ether oxygens (including phenoxy) is 1. The van der Waals surface area contributed by atoms with Crippen LogP contribution in [0, 0.1) is 0 Å². The van der Waals surface area contributed by atoms with Crippen LogP contribution in [0.25, 0.3) is 0 Å². The summed E-state index contributed by atoms with van der Waals surface area (Å²) < 4.78 is 30.8. The third-order valence-corrected chi connectivity index (χ3v) is 4.28. The molecule has 6 nitrogen and oxygen atoms in total. The van der Waals surface area contributed by atoms with Crippen LogP contribution in [0.1, 0.15) is 36.2 Å². The first kappa shape index (κ1) is 20.8. The molecule has 7 heteroatoms. The molecule has 0 aromatic heterocycles. The highest BCUT2D eigenvalue weighted by atomic mass is 32.2. The maximum atomic E-state index is 12.3. The third kappa shape index (κ3) is 7.30.